The standard InChI is InChI=1S/C8H15F3O5Si/c1-4-13-17(14-5-2,15-6-3)16-7(12)8(9,10)11/h4-6H2,1-3H3. The largest absolute Gasteiger partial charge is 0.751 e. The number of hydrogen-bond donors (Lipinski definition) is 0. The van der Waals surface area contributed by atoms with Crippen molar-refractivity contribution in [1.29, 1.82) is 0 Å². The van der Waals surface area contributed by atoms with E-state index in [1.807, 2.05) is 0 Å². The fraction of sp³-hybridized carbons (Fsp3) is 0.875. The van der Waals surface area contributed by atoms with Gasteiger partial charge in [0, 0.05) is 19.8 Å². The summed E-state index contributed by atoms with van der Waals surface area (Å²) in [5.41, 5.74) is 0. The highest BCUT2D eigenvalue weighted by Crippen LogP contribution is 2.21. The maximum atomic E-state index is 12.1. The molecule has 0 aliphatic rings. The molecule has 0 aromatic rings. The van der Waals surface area contributed by atoms with Crippen LogP contribution in [-0.2, 0) is 22.5 Å². The first-order valence-corrected chi connectivity index (χ1v) is 6.66. The van der Waals surface area contributed by atoms with Crippen LogP contribution in [0.2, 0.25) is 0 Å². The Kier molecular flexibility index (Phi) is 6.68. The van der Waals surface area contributed by atoms with Crippen molar-refractivity contribution < 1.29 is 35.7 Å². The highest BCUT2D eigenvalue weighted by atomic mass is 28.4. The Labute approximate surface area is 98.3 Å². The number of carbonyl (C=O) groups is 1. The number of alkyl halides is 3. The maximum absolute atomic E-state index is 12.1. The quantitative estimate of drug-likeness (QED) is 0.662. The zero-order valence-electron chi connectivity index (χ0n) is 9.80. The molecular weight excluding hydrogens is 261 g/mol. The van der Waals surface area contributed by atoms with Crippen LogP contribution in [0.25, 0.3) is 0 Å². The van der Waals surface area contributed by atoms with Crippen molar-refractivity contribution in [2.24, 2.45) is 0 Å². The molecule has 0 N–H and O–H groups in total. The van der Waals surface area contributed by atoms with Gasteiger partial charge in [0.05, 0.1) is 0 Å². The first kappa shape index (κ1) is 16.4. The summed E-state index contributed by atoms with van der Waals surface area (Å²) in [6.45, 7) is 4.62. The molecule has 0 saturated carbocycles. The SMILES string of the molecule is CCO[Si](OCC)(OCC)OC(=O)C(F)(F)F. The van der Waals surface area contributed by atoms with E-state index in [4.69, 9.17) is 13.3 Å². The Morgan fingerprint density at radius 3 is 1.59 bits per heavy atom. The fourth-order valence-electron chi connectivity index (χ4n) is 0.915. The Bertz CT molecular complexity index is 229. The van der Waals surface area contributed by atoms with Gasteiger partial charge in [0.1, 0.15) is 0 Å². The van der Waals surface area contributed by atoms with Crippen LogP contribution in [0.15, 0.2) is 0 Å². The molecule has 17 heavy (non-hydrogen) atoms. The van der Waals surface area contributed by atoms with E-state index in [-0.39, 0.29) is 19.8 Å². The Morgan fingerprint density at radius 1 is 1.00 bits per heavy atom. The summed E-state index contributed by atoms with van der Waals surface area (Å²) >= 11 is 0. The molecule has 0 aliphatic carbocycles. The summed E-state index contributed by atoms with van der Waals surface area (Å²) in [4.78, 5) is 10.8. The molecule has 0 aliphatic heterocycles. The second-order valence-corrected chi connectivity index (χ2v) is 4.76. The topological polar surface area (TPSA) is 54.0 Å². The van der Waals surface area contributed by atoms with Gasteiger partial charge in [-0.15, -0.1) is 0 Å². The van der Waals surface area contributed by atoms with Crippen molar-refractivity contribution in [2.45, 2.75) is 26.9 Å². The monoisotopic (exact) mass is 276 g/mol. The molecule has 0 fully saturated rings. The third kappa shape index (κ3) is 5.48. The van der Waals surface area contributed by atoms with Crippen LogP contribution in [0, 0.1) is 0 Å². The Hall–Kier alpha value is -0.643. The molecule has 0 bridgehead atoms. The van der Waals surface area contributed by atoms with Gasteiger partial charge in [0.25, 0.3) is 0 Å². The van der Waals surface area contributed by atoms with Gasteiger partial charge in [-0.25, -0.2) is 4.79 Å². The number of halogens is 3. The molecule has 5 nitrogen and oxygen atoms in total. The summed E-state index contributed by atoms with van der Waals surface area (Å²) in [5, 5.41) is 0. The third-order valence-electron chi connectivity index (χ3n) is 1.41. The van der Waals surface area contributed by atoms with E-state index in [1.54, 1.807) is 0 Å². The minimum Gasteiger partial charge on any atom is -0.445 e. The van der Waals surface area contributed by atoms with E-state index in [1.165, 1.54) is 20.8 Å². The lowest BCUT2D eigenvalue weighted by molar-refractivity contribution is -0.198. The van der Waals surface area contributed by atoms with Crippen LogP contribution in [0.5, 0.6) is 0 Å². The molecule has 0 amide bonds. The maximum Gasteiger partial charge on any atom is 0.751 e. The van der Waals surface area contributed by atoms with Gasteiger partial charge in [-0.05, 0) is 20.8 Å². The van der Waals surface area contributed by atoms with E-state index >= 15 is 0 Å². The van der Waals surface area contributed by atoms with E-state index in [0.29, 0.717) is 0 Å². The predicted molar refractivity (Wildman–Crippen MR) is 52.8 cm³/mol. The minimum absolute atomic E-state index is 0.0113. The van der Waals surface area contributed by atoms with E-state index in [2.05, 4.69) is 4.43 Å². The van der Waals surface area contributed by atoms with Crippen molar-refractivity contribution >= 4 is 15.0 Å². The molecule has 9 heteroatoms. The molecule has 0 spiro atoms. The molecular formula is C8H15F3O5Si. The first-order valence-electron chi connectivity index (χ1n) is 5.03. The average molecular weight is 276 g/mol. The smallest absolute Gasteiger partial charge is 0.445 e. The van der Waals surface area contributed by atoms with Gasteiger partial charge in [0.2, 0.25) is 0 Å². The predicted octanol–water partition coefficient (Wildman–Crippen LogP) is 1.64. The van der Waals surface area contributed by atoms with Crippen LogP contribution in [-0.4, -0.2) is 41.0 Å². The van der Waals surface area contributed by atoms with Crippen LogP contribution in [0.4, 0.5) is 13.2 Å². The molecule has 0 aromatic heterocycles. The summed E-state index contributed by atoms with van der Waals surface area (Å²) < 4.78 is 55.3. The molecule has 0 radical (unpaired) electrons. The molecule has 102 valence electrons. The lowest BCUT2D eigenvalue weighted by Crippen LogP contribution is -2.52. The highest BCUT2D eigenvalue weighted by Gasteiger charge is 2.55. The normalized spacial score (nSPS) is 12.6. The third-order valence-corrected chi connectivity index (χ3v) is 3.77. The van der Waals surface area contributed by atoms with Crippen molar-refractivity contribution in [3.8, 4) is 0 Å². The zero-order chi connectivity index (χ0) is 13.5. The van der Waals surface area contributed by atoms with Gasteiger partial charge < -0.3 is 17.7 Å². The van der Waals surface area contributed by atoms with Gasteiger partial charge >= 0.3 is 21.2 Å². The van der Waals surface area contributed by atoms with Crippen LogP contribution in [0.1, 0.15) is 20.8 Å². The molecule has 0 atom stereocenters. The highest BCUT2D eigenvalue weighted by molar-refractivity contribution is 6.55. The molecule has 0 rings (SSSR count). The molecule has 0 heterocycles. The van der Waals surface area contributed by atoms with Crippen molar-refractivity contribution in [3.05, 3.63) is 0 Å². The second kappa shape index (κ2) is 6.94. The van der Waals surface area contributed by atoms with Crippen molar-refractivity contribution in [1.82, 2.24) is 0 Å². The minimum atomic E-state index is -5.11. The Morgan fingerprint density at radius 2 is 1.35 bits per heavy atom. The van der Waals surface area contributed by atoms with Gasteiger partial charge in [-0.1, -0.05) is 0 Å². The van der Waals surface area contributed by atoms with E-state index < -0.39 is 21.2 Å². The lowest BCUT2D eigenvalue weighted by atomic mass is 10.7. The van der Waals surface area contributed by atoms with Crippen LogP contribution < -0.4 is 0 Å². The zero-order valence-corrected chi connectivity index (χ0v) is 10.8. The fourth-order valence-corrected chi connectivity index (χ4v) is 2.75. The second-order valence-electron chi connectivity index (χ2n) is 2.69. The molecule has 0 aromatic carbocycles. The number of carbonyl (C=O) groups excluding carboxylic acids is 1. The first-order chi connectivity index (χ1) is 7.81. The molecule has 0 unspecified atom stereocenters. The molecule has 0 saturated heterocycles. The van der Waals surface area contributed by atoms with Crippen LogP contribution >= 0.6 is 0 Å². The van der Waals surface area contributed by atoms with E-state index in [0.717, 1.165) is 0 Å². The lowest BCUT2D eigenvalue weighted by Gasteiger charge is -2.26. The number of rotatable bonds is 7. The summed E-state index contributed by atoms with van der Waals surface area (Å²) in [6, 6.07) is 0. The van der Waals surface area contributed by atoms with Gasteiger partial charge in [-0.2, -0.15) is 13.2 Å². The summed E-state index contributed by atoms with van der Waals surface area (Å²) in [6.07, 6.45) is -5.11. The van der Waals surface area contributed by atoms with Crippen molar-refractivity contribution in [3.63, 3.8) is 0 Å². The van der Waals surface area contributed by atoms with E-state index in [9.17, 15) is 18.0 Å². The Balaban J connectivity index is 4.82. The van der Waals surface area contributed by atoms with Crippen molar-refractivity contribution in [2.75, 3.05) is 19.8 Å². The van der Waals surface area contributed by atoms with Gasteiger partial charge in [-0.3, -0.25) is 0 Å². The van der Waals surface area contributed by atoms with Crippen LogP contribution in [0.3, 0.4) is 0 Å². The average Bonchev–Trinajstić information content (AvgIpc) is 2.17. The summed E-state index contributed by atoms with van der Waals surface area (Å²) in [5.74, 6) is -2.38. The summed E-state index contributed by atoms with van der Waals surface area (Å²) in [7, 11) is -4.04. The number of hydrogen-bond acceptors (Lipinski definition) is 5. The van der Waals surface area contributed by atoms with Gasteiger partial charge in [0.15, 0.2) is 0 Å².